The molecule has 1 aromatic heterocycles. The number of ether oxygens (including phenoxy) is 1. The van der Waals surface area contributed by atoms with E-state index in [2.05, 4.69) is 29.1 Å². The number of halogens is 1. The predicted octanol–water partition coefficient (Wildman–Crippen LogP) is 2.79. The predicted molar refractivity (Wildman–Crippen MR) is 99.7 cm³/mol. The molecule has 0 saturated carbocycles. The summed E-state index contributed by atoms with van der Waals surface area (Å²) in [6.07, 6.45) is 1.34. The zero-order valence-electron chi connectivity index (χ0n) is 15.2. The van der Waals surface area contributed by atoms with Gasteiger partial charge in [0, 0.05) is 31.6 Å². The SMILES string of the molecule is COc1ccc([C@@H]2[C@@H]3CN(C(=O)c4ncoc4C)C[C@@H]3CN2C)cc1.Cl. The van der Waals surface area contributed by atoms with Gasteiger partial charge in [0.1, 0.15) is 11.5 Å². The zero-order valence-corrected chi connectivity index (χ0v) is 16.0. The van der Waals surface area contributed by atoms with Gasteiger partial charge in [-0.25, -0.2) is 4.98 Å². The van der Waals surface area contributed by atoms with Crippen molar-refractivity contribution in [3.05, 3.63) is 47.7 Å². The Hall–Kier alpha value is -2.05. The van der Waals surface area contributed by atoms with Gasteiger partial charge in [-0.1, -0.05) is 12.1 Å². The van der Waals surface area contributed by atoms with Gasteiger partial charge in [-0.2, -0.15) is 0 Å². The van der Waals surface area contributed by atoms with E-state index in [4.69, 9.17) is 9.15 Å². The van der Waals surface area contributed by atoms with Crippen molar-refractivity contribution in [2.24, 2.45) is 11.8 Å². The fraction of sp³-hybridized carbons (Fsp3) is 0.474. The largest absolute Gasteiger partial charge is 0.497 e. The van der Waals surface area contributed by atoms with Crippen molar-refractivity contribution in [1.82, 2.24) is 14.8 Å². The second kappa shape index (κ2) is 7.29. The third-order valence-electron chi connectivity index (χ3n) is 5.59. The van der Waals surface area contributed by atoms with Crippen LogP contribution in [0.3, 0.4) is 0 Å². The molecule has 1 aromatic carbocycles. The van der Waals surface area contributed by atoms with Gasteiger partial charge in [0.15, 0.2) is 12.1 Å². The standard InChI is InChI=1S/C19H23N3O3.ClH/c1-12-17(20-11-25-12)19(23)22-9-14-8-21(2)18(16(14)10-22)13-4-6-15(24-3)7-5-13;/h4-7,11,14,16,18H,8-10H2,1-3H3;1H/t14-,16+,18+;/m0./s1. The lowest BCUT2D eigenvalue weighted by Gasteiger charge is -2.26. The number of benzene rings is 1. The average Bonchev–Trinajstić information content (AvgIpc) is 3.28. The molecule has 2 aliphatic heterocycles. The number of likely N-dealkylation sites (tertiary alicyclic amines) is 2. The molecule has 2 aliphatic rings. The van der Waals surface area contributed by atoms with Crippen molar-refractivity contribution in [2.45, 2.75) is 13.0 Å². The highest BCUT2D eigenvalue weighted by molar-refractivity contribution is 5.93. The minimum atomic E-state index is -0.0169. The van der Waals surface area contributed by atoms with Crippen molar-refractivity contribution < 1.29 is 13.9 Å². The Kier molecular flexibility index (Phi) is 5.25. The summed E-state index contributed by atoms with van der Waals surface area (Å²) in [7, 11) is 3.85. The first-order chi connectivity index (χ1) is 12.1. The molecule has 0 radical (unpaired) electrons. The normalized spacial score (nSPS) is 25.0. The maximum atomic E-state index is 12.7. The number of carbonyl (C=O) groups excluding carboxylic acids is 1. The molecule has 2 aromatic rings. The number of carbonyl (C=O) groups is 1. The Morgan fingerprint density at radius 3 is 2.58 bits per heavy atom. The van der Waals surface area contributed by atoms with Gasteiger partial charge in [-0.3, -0.25) is 9.69 Å². The number of aromatic nitrogens is 1. The minimum absolute atomic E-state index is 0. The molecule has 0 bridgehead atoms. The van der Waals surface area contributed by atoms with Crippen LogP contribution in [-0.2, 0) is 0 Å². The molecule has 3 heterocycles. The van der Waals surface area contributed by atoms with Crippen LogP contribution in [0.25, 0.3) is 0 Å². The average molecular weight is 378 g/mol. The third kappa shape index (κ3) is 3.08. The summed E-state index contributed by atoms with van der Waals surface area (Å²) in [5.74, 6) is 2.37. The lowest BCUT2D eigenvalue weighted by molar-refractivity contribution is 0.0761. The van der Waals surface area contributed by atoms with Crippen molar-refractivity contribution in [2.75, 3.05) is 33.8 Å². The number of aryl methyl sites for hydroxylation is 1. The highest BCUT2D eigenvalue weighted by Crippen LogP contribution is 2.44. The molecule has 3 atom stereocenters. The molecule has 1 amide bonds. The number of methoxy groups -OCH3 is 1. The van der Waals surface area contributed by atoms with Crippen LogP contribution in [0.4, 0.5) is 0 Å². The van der Waals surface area contributed by atoms with Crippen LogP contribution >= 0.6 is 12.4 Å². The van der Waals surface area contributed by atoms with Crippen LogP contribution in [-0.4, -0.2) is 54.5 Å². The van der Waals surface area contributed by atoms with Crippen molar-refractivity contribution in [3.8, 4) is 5.75 Å². The topological polar surface area (TPSA) is 58.8 Å². The smallest absolute Gasteiger partial charge is 0.276 e. The maximum Gasteiger partial charge on any atom is 0.276 e. The van der Waals surface area contributed by atoms with Crippen LogP contribution in [0.1, 0.15) is 27.9 Å². The molecular weight excluding hydrogens is 354 g/mol. The summed E-state index contributed by atoms with van der Waals surface area (Å²) in [5, 5.41) is 0. The highest BCUT2D eigenvalue weighted by atomic mass is 35.5. The van der Waals surface area contributed by atoms with E-state index in [1.807, 2.05) is 17.0 Å². The molecule has 0 N–H and O–H groups in total. The number of hydrogen-bond donors (Lipinski definition) is 0. The van der Waals surface area contributed by atoms with Crippen LogP contribution in [0.5, 0.6) is 5.75 Å². The minimum Gasteiger partial charge on any atom is -0.497 e. The Morgan fingerprint density at radius 1 is 1.23 bits per heavy atom. The van der Waals surface area contributed by atoms with E-state index in [1.165, 1.54) is 12.0 Å². The monoisotopic (exact) mass is 377 g/mol. The molecule has 26 heavy (non-hydrogen) atoms. The molecule has 0 aliphatic carbocycles. The number of fused-ring (bicyclic) bond motifs is 1. The molecule has 0 unspecified atom stereocenters. The molecule has 140 valence electrons. The van der Waals surface area contributed by atoms with Gasteiger partial charge in [0.25, 0.3) is 5.91 Å². The lowest BCUT2D eigenvalue weighted by atomic mass is 9.89. The van der Waals surface area contributed by atoms with Gasteiger partial charge in [0.05, 0.1) is 7.11 Å². The van der Waals surface area contributed by atoms with Crippen LogP contribution in [0.15, 0.2) is 35.1 Å². The molecule has 2 saturated heterocycles. The van der Waals surface area contributed by atoms with Gasteiger partial charge in [-0.15, -0.1) is 12.4 Å². The summed E-state index contributed by atoms with van der Waals surface area (Å²) < 4.78 is 10.5. The van der Waals surface area contributed by atoms with E-state index in [0.29, 0.717) is 29.3 Å². The quantitative estimate of drug-likeness (QED) is 0.823. The Labute approximate surface area is 159 Å². The number of rotatable bonds is 3. The summed E-state index contributed by atoms with van der Waals surface area (Å²) in [6, 6.07) is 8.61. The second-order valence-electron chi connectivity index (χ2n) is 7.05. The first-order valence-corrected chi connectivity index (χ1v) is 8.62. The Morgan fingerprint density at radius 2 is 1.96 bits per heavy atom. The van der Waals surface area contributed by atoms with Gasteiger partial charge < -0.3 is 14.1 Å². The van der Waals surface area contributed by atoms with Crippen LogP contribution in [0, 0.1) is 18.8 Å². The van der Waals surface area contributed by atoms with E-state index in [9.17, 15) is 4.79 Å². The van der Waals surface area contributed by atoms with Gasteiger partial charge >= 0.3 is 0 Å². The van der Waals surface area contributed by atoms with Gasteiger partial charge in [-0.05, 0) is 37.6 Å². The molecule has 2 fully saturated rings. The summed E-state index contributed by atoms with van der Waals surface area (Å²) in [5.41, 5.74) is 1.72. The highest BCUT2D eigenvalue weighted by Gasteiger charge is 2.47. The third-order valence-corrected chi connectivity index (χ3v) is 5.59. The lowest BCUT2D eigenvalue weighted by Crippen LogP contribution is -2.33. The van der Waals surface area contributed by atoms with Crippen molar-refractivity contribution in [3.63, 3.8) is 0 Å². The first-order valence-electron chi connectivity index (χ1n) is 8.62. The van der Waals surface area contributed by atoms with E-state index in [-0.39, 0.29) is 18.3 Å². The van der Waals surface area contributed by atoms with Crippen LogP contribution < -0.4 is 4.74 Å². The van der Waals surface area contributed by atoms with E-state index < -0.39 is 0 Å². The Balaban J connectivity index is 0.00000196. The number of amides is 1. The second-order valence-corrected chi connectivity index (χ2v) is 7.05. The molecule has 4 rings (SSSR count). The molecular formula is C19H24ClN3O3. The molecule has 6 nitrogen and oxygen atoms in total. The fourth-order valence-electron chi connectivity index (χ4n) is 4.39. The number of hydrogen-bond acceptors (Lipinski definition) is 5. The summed E-state index contributed by atoms with van der Waals surface area (Å²) in [4.78, 5) is 21.2. The van der Waals surface area contributed by atoms with E-state index >= 15 is 0 Å². The number of oxazole rings is 1. The van der Waals surface area contributed by atoms with Crippen molar-refractivity contribution >= 4 is 18.3 Å². The maximum absolute atomic E-state index is 12.7. The zero-order chi connectivity index (χ0) is 17.6. The molecule has 7 heteroatoms. The summed E-state index contributed by atoms with van der Waals surface area (Å²) >= 11 is 0. The van der Waals surface area contributed by atoms with Crippen LogP contribution in [0.2, 0.25) is 0 Å². The fourth-order valence-corrected chi connectivity index (χ4v) is 4.39. The summed E-state index contributed by atoms with van der Waals surface area (Å²) in [6.45, 7) is 4.33. The van der Waals surface area contributed by atoms with E-state index in [1.54, 1.807) is 14.0 Å². The molecule has 0 spiro atoms. The van der Waals surface area contributed by atoms with Gasteiger partial charge in [0.2, 0.25) is 0 Å². The van der Waals surface area contributed by atoms with Crippen molar-refractivity contribution in [1.29, 1.82) is 0 Å². The number of nitrogens with zero attached hydrogens (tertiary/aromatic N) is 3. The Bertz CT molecular complexity index is 777. The first kappa shape index (κ1) is 18.7. The van der Waals surface area contributed by atoms with E-state index in [0.717, 1.165) is 25.4 Å².